The molecule has 1 heterocycles. The van der Waals surface area contributed by atoms with E-state index < -0.39 is 23.0 Å². The van der Waals surface area contributed by atoms with E-state index in [0.717, 1.165) is 25.1 Å². The Morgan fingerprint density at radius 1 is 1.33 bits per heavy atom. The Morgan fingerprint density at radius 3 is 2.44 bits per heavy atom. The summed E-state index contributed by atoms with van der Waals surface area (Å²) in [7, 11) is 0. The Morgan fingerprint density at radius 2 is 1.94 bits per heavy atom. The molecule has 1 saturated heterocycles. The lowest BCUT2D eigenvalue weighted by Crippen LogP contribution is -2.33. The van der Waals surface area contributed by atoms with Gasteiger partial charge < -0.3 is 0 Å². The third kappa shape index (κ3) is 2.58. The summed E-state index contributed by atoms with van der Waals surface area (Å²) in [4.78, 5) is 14.0. The summed E-state index contributed by atoms with van der Waals surface area (Å²) in [6, 6.07) is 3.79. The molecular weight excluding hydrogens is 236 g/mol. The van der Waals surface area contributed by atoms with Gasteiger partial charge >= 0.3 is 0 Å². The van der Waals surface area contributed by atoms with Crippen LogP contribution in [0.25, 0.3) is 0 Å². The molecule has 0 aromatic heterocycles. The van der Waals surface area contributed by atoms with Gasteiger partial charge in [0.15, 0.2) is 5.78 Å². The predicted molar refractivity (Wildman–Crippen MR) is 65.5 cm³/mol. The highest BCUT2D eigenvalue weighted by Crippen LogP contribution is 2.23. The molecule has 98 valence electrons. The minimum atomic E-state index is -0.778. The van der Waals surface area contributed by atoms with Crippen molar-refractivity contribution in [3.8, 4) is 0 Å². The number of ketones is 1. The normalized spacial score (nSPS) is 24.4. The molecule has 18 heavy (non-hydrogen) atoms. The molecule has 1 aliphatic heterocycles. The SMILES string of the molecule is CC1CC(C)N(CC(=O)c2c(F)cccc2F)C1. The zero-order valence-corrected chi connectivity index (χ0v) is 10.6. The summed E-state index contributed by atoms with van der Waals surface area (Å²) in [5, 5.41) is 0. The van der Waals surface area contributed by atoms with Crippen molar-refractivity contribution in [2.45, 2.75) is 26.3 Å². The van der Waals surface area contributed by atoms with Crippen molar-refractivity contribution in [1.82, 2.24) is 4.90 Å². The van der Waals surface area contributed by atoms with Crippen LogP contribution in [-0.2, 0) is 0 Å². The van der Waals surface area contributed by atoms with E-state index in [0.29, 0.717) is 12.0 Å². The van der Waals surface area contributed by atoms with Gasteiger partial charge in [-0.15, -0.1) is 0 Å². The van der Waals surface area contributed by atoms with E-state index >= 15 is 0 Å². The van der Waals surface area contributed by atoms with Crippen molar-refractivity contribution in [1.29, 1.82) is 0 Å². The van der Waals surface area contributed by atoms with Gasteiger partial charge in [-0.1, -0.05) is 13.0 Å². The second kappa shape index (κ2) is 5.14. The molecule has 0 radical (unpaired) electrons. The fraction of sp³-hybridized carbons (Fsp3) is 0.500. The van der Waals surface area contributed by atoms with Gasteiger partial charge in [-0.25, -0.2) is 8.78 Å². The Bertz CT molecular complexity index is 441. The molecule has 2 nitrogen and oxygen atoms in total. The molecule has 1 aromatic carbocycles. The highest BCUT2D eigenvalue weighted by atomic mass is 19.1. The number of likely N-dealkylation sites (tertiary alicyclic amines) is 1. The van der Waals surface area contributed by atoms with E-state index in [1.807, 2.05) is 11.8 Å². The smallest absolute Gasteiger partial charge is 0.182 e. The van der Waals surface area contributed by atoms with Gasteiger partial charge in [-0.05, 0) is 31.4 Å². The van der Waals surface area contributed by atoms with Crippen LogP contribution in [0.2, 0.25) is 0 Å². The lowest BCUT2D eigenvalue weighted by Gasteiger charge is -2.20. The molecular formula is C14H17F2NO. The second-order valence-electron chi connectivity index (χ2n) is 5.14. The Kier molecular flexibility index (Phi) is 3.76. The molecule has 2 unspecified atom stereocenters. The first-order valence-corrected chi connectivity index (χ1v) is 6.20. The molecule has 4 heteroatoms. The number of rotatable bonds is 3. The van der Waals surface area contributed by atoms with Crippen molar-refractivity contribution in [2.75, 3.05) is 13.1 Å². The number of Topliss-reactive ketones (excluding diaryl/α,β-unsaturated/α-hetero) is 1. The zero-order chi connectivity index (χ0) is 13.3. The van der Waals surface area contributed by atoms with Gasteiger partial charge in [0.2, 0.25) is 0 Å². The van der Waals surface area contributed by atoms with Crippen LogP contribution in [0.1, 0.15) is 30.6 Å². The van der Waals surface area contributed by atoms with Crippen LogP contribution >= 0.6 is 0 Å². The standard InChI is InChI=1S/C14H17F2NO/c1-9-6-10(2)17(7-9)8-13(18)14-11(15)4-3-5-12(14)16/h3-5,9-10H,6-8H2,1-2H3. The minimum absolute atomic E-state index is 0.0867. The lowest BCUT2D eigenvalue weighted by molar-refractivity contribution is 0.0916. The van der Waals surface area contributed by atoms with Gasteiger partial charge in [-0.3, -0.25) is 9.69 Å². The number of hydrogen-bond donors (Lipinski definition) is 0. The summed E-state index contributed by atoms with van der Waals surface area (Å²) in [5.74, 6) is -1.51. The van der Waals surface area contributed by atoms with Gasteiger partial charge in [0.1, 0.15) is 11.6 Å². The molecule has 0 amide bonds. The van der Waals surface area contributed by atoms with Crippen LogP contribution < -0.4 is 0 Å². The van der Waals surface area contributed by atoms with Crippen molar-refractivity contribution >= 4 is 5.78 Å². The number of benzene rings is 1. The van der Waals surface area contributed by atoms with Gasteiger partial charge in [0.05, 0.1) is 12.1 Å². The fourth-order valence-corrected chi connectivity index (χ4v) is 2.63. The number of halogens is 2. The van der Waals surface area contributed by atoms with Crippen LogP contribution in [0.5, 0.6) is 0 Å². The monoisotopic (exact) mass is 253 g/mol. The van der Waals surface area contributed by atoms with Crippen LogP contribution in [0.15, 0.2) is 18.2 Å². The van der Waals surface area contributed by atoms with E-state index in [9.17, 15) is 13.6 Å². The average Bonchev–Trinajstić information content (AvgIpc) is 2.57. The summed E-state index contributed by atoms with van der Waals surface area (Å²) in [6.07, 6.45) is 1.02. The first kappa shape index (κ1) is 13.1. The molecule has 0 saturated carbocycles. The van der Waals surface area contributed by atoms with Crippen molar-refractivity contribution in [3.05, 3.63) is 35.4 Å². The Hall–Kier alpha value is -1.29. The molecule has 0 N–H and O–H groups in total. The number of hydrogen-bond acceptors (Lipinski definition) is 2. The predicted octanol–water partition coefficient (Wildman–Crippen LogP) is 2.88. The quantitative estimate of drug-likeness (QED) is 0.772. The fourth-order valence-electron chi connectivity index (χ4n) is 2.63. The maximum absolute atomic E-state index is 13.5. The van der Waals surface area contributed by atoms with Crippen LogP contribution in [-0.4, -0.2) is 29.8 Å². The van der Waals surface area contributed by atoms with E-state index in [2.05, 4.69) is 6.92 Å². The zero-order valence-electron chi connectivity index (χ0n) is 10.6. The van der Waals surface area contributed by atoms with Crippen LogP contribution in [0.4, 0.5) is 8.78 Å². The number of carbonyl (C=O) groups is 1. The Labute approximate surface area is 106 Å². The Balaban J connectivity index is 2.13. The molecule has 0 spiro atoms. The second-order valence-corrected chi connectivity index (χ2v) is 5.14. The maximum Gasteiger partial charge on any atom is 0.182 e. The van der Waals surface area contributed by atoms with E-state index in [-0.39, 0.29) is 6.54 Å². The first-order valence-electron chi connectivity index (χ1n) is 6.20. The maximum atomic E-state index is 13.5. The van der Waals surface area contributed by atoms with Crippen molar-refractivity contribution in [2.24, 2.45) is 5.92 Å². The molecule has 1 fully saturated rings. The molecule has 2 rings (SSSR count). The van der Waals surface area contributed by atoms with Crippen LogP contribution in [0, 0.1) is 17.6 Å². The first-order chi connectivity index (χ1) is 8.49. The third-order valence-corrected chi connectivity index (χ3v) is 3.50. The topological polar surface area (TPSA) is 20.3 Å². The molecule has 0 aliphatic carbocycles. The van der Waals surface area contributed by atoms with Crippen molar-refractivity contribution < 1.29 is 13.6 Å². The minimum Gasteiger partial charge on any atom is -0.293 e. The van der Waals surface area contributed by atoms with E-state index in [1.165, 1.54) is 6.07 Å². The highest BCUT2D eigenvalue weighted by molar-refractivity contribution is 5.98. The third-order valence-electron chi connectivity index (χ3n) is 3.50. The average molecular weight is 253 g/mol. The number of nitrogens with zero attached hydrogens (tertiary/aromatic N) is 1. The summed E-state index contributed by atoms with van der Waals surface area (Å²) in [6.45, 7) is 5.05. The van der Waals surface area contributed by atoms with E-state index in [1.54, 1.807) is 0 Å². The van der Waals surface area contributed by atoms with Crippen LogP contribution in [0.3, 0.4) is 0 Å². The summed E-state index contributed by atoms with van der Waals surface area (Å²) >= 11 is 0. The molecule has 1 aliphatic rings. The van der Waals surface area contributed by atoms with Gasteiger partial charge in [0.25, 0.3) is 0 Å². The number of carbonyl (C=O) groups excluding carboxylic acids is 1. The van der Waals surface area contributed by atoms with E-state index in [4.69, 9.17) is 0 Å². The summed E-state index contributed by atoms with van der Waals surface area (Å²) < 4.78 is 26.9. The largest absolute Gasteiger partial charge is 0.293 e. The molecule has 0 bridgehead atoms. The summed E-state index contributed by atoms with van der Waals surface area (Å²) in [5.41, 5.74) is -0.413. The van der Waals surface area contributed by atoms with Gasteiger partial charge in [0, 0.05) is 12.6 Å². The highest BCUT2D eigenvalue weighted by Gasteiger charge is 2.29. The van der Waals surface area contributed by atoms with Crippen molar-refractivity contribution in [3.63, 3.8) is 0 Å². The van der Waals surface area contributed by atoms with Gasteiger partial charge in [-0.2, -0.15) is 0 Å². The molecule has 1 aromatic rings. The lowest BCUT2D eigenvalue weighted by atomic mass is 10.1. The molecule has 2 atom stereocenters.